The van der Waals surface area contributed by atoms with Crippen molar-refractivity contribution in [2.24, 2.45) is 5.73 Å². The lowest BCUT2D eigenvalue weighted by atomic mass is 10.2. The van der Waals surface area contributed by atoms with Crippen molar-refractivity contribution in [3.8, 4) is 17.1 Å². The summed E-state index contributed by atoms with van der Waals surface area (Å²) in [5.74, 6) is -0.381. The quantitative estimate of drug-likeness (QED) is 0.629. The van der Waals surface area contributed by atoms with Crippen molar-refractivity contribution in [3.63, 3.8) is 0 Å². The number of primary amides is 1. The highest BCUT2D eigenvalue weighted by Crippen LogP contribution is 2.16. The van der Waals surface area contributed by atoms with E-state index >= 15 is 0 Å². The topological polar surface area (TPSA) is 130 Å². The Morgan fingerprint density at radius 1 is 1.19 bits per heavy atom. The molecule has 2 N–H and O–H groups in total. The third kappa shape index (κ3) is 4.41. The fraction of sp³-hybridized carbons (Fsp3) is 0.118. The number of aromatic nitrogens is 3. The second-order valence-corrected chi connectivity index (χ2v) is 5.11. The molecule has 1 amide bonds. The van der Waals surface area contributed by atoms with Crippen molar-refractivity contribution < 1.29 is 23.6 Å². The van der Waals surface area contributed by atoms with Crippen LogP contribution in [-0.2, 0) is 16.1 Å². The number of nitrogens with zero attached hydrogens (tertiary/aromatic N) is 3. The maximum Gasteiger partial charge on any atom is 0.338 e. The highest BCUT2D eigenvalue weighted by atomic mass is 16.6. The molecule has 0 unspecified atom stereocenters. The lowest BCUT2D eigenvalue weighted by Crippen LogP contribution is -2.20. The van der Waals surface area contributed by atoms with Gasteiger partial charge in [0, 0.05) is 18.0 Å². The normalized spacial score (nSPS) is 10.3. The lowest BCUT2D eigenvalue weighted by molar-refractivity contribution is -0.119. The Balaban J connectivity index is 1.60. The summed E-state index contributed by atoms with van der Waals surface area (Å²) in [4.78, 5) is 31.0. The molecule has 0 saturated heterocycles. The van der Waals surface area contributed by atoms with Crippen LogP contribution in [0.15, 0.2) is 53.3 Å². The van der Waals surface area contributed by atoms with E-state index in [1.807, 2.05) is 0 Å². The largest absolute Gasteiger partial charge is 0.484 e. The molecule has 0 aliphatic rings. The van der Waals surface area contributed by atoms with Crippen molar-refractivity contribution in [3.05, 3.63) is 60.2 Å². The van der Waals surface area contributed by atoms with E-state index < -0.39 is 11.9 Å². The fourth-order valence-electron chi connectivity index (χ4n) is 2.00. The molecule has 2 heterocycles. The summed E-state index contributed by atoms with van der Waals surface area (Å²) in [5, 5.41) is 3.81. The molecule has 3 rings (SSSR count). The van der Waals surface area contributed by atoms with Gasteiger partial charge < -0.3 is 19.7 Å². The van der Waals surface area contributed by atoms with E-state index in [0.29, 0.717) is 17.1 Å². The number of nitrogens with two attached hydrogens (primary N) is 1. The Bertz CT molecular complexity index is 910. The van der Waals surface area contributed by atoms with Crippen LogP contribution >= 0.6 is 0 Å². The number of hydrogen-bond donors (Lipinski definition) is 1. The third-order valence-corrected chi connectivity index (χ3v) is 3.17. The van der Waals surface area contributed by atoms with Gasteiger partial charge in [0.2, 0.25) is 5.82 Å². The first kappa shape index (κ1) is 17.1. The summed E-state index contributed by atoms with van der Waals surface area (Å²) in [7, 11) is 0. The van der Waals surface area contributed by atoms with Crippen molar-refractivity contribution in [1.29, 1.82) is 0 Å². The average Bonchev–Trinajstić information content (AvgIpc) is 3.14. The molecule has 9 nitrogen and oxygen atoms in total. The smallest absolute Gasteiger partial charge is 0.338 e. The predicted molar refractivity (Wildman–Crippen MR) is 87.8 cm³/mol. The molecule has 0 aliphatic heterocycles. The minimum absolute atomic E-state index is 0.151. The number of carbonyl (C=O) groups is 2. The van der Waals surface area contributed by atoms with Gasteiger partial charge in [-0.3, -0.25) is 9.78 Å². The number of pyridine rings is 1. The van der Waals surface area contributed by atoms with Gasteiger partial charge in [-0.1, -0.05) is 11.2 Å². The van der Waals surface area contributed by atoms with Gasteiger partial charge in [-0.2, -0.15) is 4.98 Å². The van der Waals surface area contributed by atoms with Crippen molar-refractivity contribution in [1.82, 2.24) is 15.1 Å². The Morgan fingerprint density at radius 3 is 2.85 bits per heavy atom. The number of ether oxygens (including phenoxy) is 2. The number of carbonyl (C=O) groups excluding carboxylic acids is 2. The number of hydrogen-bond acceptors (Lipinski definition) is 8. The summed E-state index contributed by atoms with van der Waals surface area (Å²) >= 11 is 0. The van der Waals surface area contributed by atoms with E-state index in [0.717, 1.165) is 0 Å². The van der Waals surface area contributed by atoms with Crippen LogP contribution in [0, 0.1) is 0 Å². The molecular formula is C17H14N4O5. The van der Waals surface area contributed by atoms with Gasteiger partial charge >= 0.3 is 5.97 Å². The van der Waals surface area contributed by atoms with Crippen LogP contribution in [0.2, 0.25) is 0 Å². The summed E-state index contributed by atoms with van der Waals surface area (Å²) in [5.41, 5.74) is 5.95. The lowest BCUT2D eigenvalue weighted by Gasteiger charge is -2.06. The molecule has 0 spiro atoms. The molecule has 0 saturated carbocycles. The molecule has 9 heteroatoms. The molecule has 0 bridgehead atoms. The second-order valence-electron chi connectivity index (χ2n) is 5.11. The summed E-state index contributed by atoms with van der Waals surface area (Å²) < 4.78 is 15.3. The Kier molecular flexibility index (Phi) is 5.18. The van der Waals surface area contributed by atoms with Crippen molar-refractivity contribution in [2.75, 3.05) is 6.61 Å². The first-order chi connectivity index (χ1) is 12.6. The minimum atomic E-state index is -0.612. The molecule has 0 radical (unpaired) electrons. The second kappa shape index (κ2) is 7.88. The zero-order valence-corrected chi connectivity index (χ0v) is 13.5. The fourth-order valence-corrected chi connectivity index (χ4v) is 2.00. The van der Waals surface area contributed by atoms with Gasteiger partial charge in [-0.05, 0) is 30.3 Å². The number of amides is 1. The van der Waals surface area contributed by atoms with Gasteiger partial charge in [-0.25, -0.2) is 4.79 Å². The maximum atomic E-state index is 12.1. The van der Waals surface area contributed by atoms with E-state index in [4.69, 9.17) is 19.7 Å². The van der Waals surface area contributed by atoms with E-state index in [9.17, 15) is 9.59 Å². The first-order valence-electron chi connectivity index (χ1n) is 7.53. The molecule has 2 aromatic heterocycles. The molecule has 26 heavy (non-hydrogen) atoms. The maximum absolute atomic E-state index is 12.1. The van der Waals surface area contributed by atoms with Crippen LogP contribution in [0.3, 0.4) is 0 Å². The van der Waals surface area contributed by atoms with Gasteiger partial charge in [-0.15, -0.1) is 0 Å². The van der Waals surface area contributed by atoms with Crippen molar-refractivity contribution >= 4 is 11.9 Å². The van der Waals surface area contributed by atoms with E-state index in [2.05, 4.69) is 15.1 Å². The molecule has 0 aliphatic carbocycles. The third-order valence-electron chi connectivity index (χ3n) is 3.17. The predicted octanol–water partition coefficient (Wildman–Crippen LogP) is 1.35. The van der Waals surface area contributed by atoms with Crippen LogP contribution in [0.25, 0.3) is 11.4 Å². The zero-order chi connectivity index (χ0) is 18.4. The van der Waals surface area contributed by atoms with Gasteiger partial charge in [0.1, 0.15) is 5.75 Å². The summed E-state index contributed by atoms with van der Waals surface area (Å²) in [6, 6.07) is 9.72. The SMILES string of the molecule is NC(=O)COc1cccc(C(=O)OCc2nc(-c3cccnc3)no2)c1. The Labute approximate surface area is 147 Å². The van der Waals surface area contributed by atoms with Gasteiger partial charge in [0.05, 0.1) is 5.56 Å². The van der Waals surface area contributed by atoms with E-state index in [1.165, 1.54) is 6.07 Å². The summed E-state index contributed by atoms with van der Waals surface area (Å²) in [6.07, 6.45) is 3.23. The van der Waals surface area contributed by atoms with Gasteiger partial charge in [0.25, 0.3) is 11.8 Å². The van der Waals surface area contributed by atoms with Crippen molar-refractivity contribution in [2.45, 2.75) is 6.61 Å². The minimum Gasteiger partial charge on any atom is -0.484 e. The molecule has 1 aromatic carbocycles. The van der Waals surface area contributed by atoms with Crippen LogP contribution in [-0.4, -0.2) is 33.6 Å². The first-order valence-corrected chi connectivity index (χ1v) is 7.53. The van der Waals surface area contributed by atoms with E-state index in [1.54, 1.807) is 42.7 Å². The molecule has 3 aromatic rings. The Hall–Kier alpha value is -3.75. The van der Waals surface area contributed by atoms with E-state index in [-0.39, 0.29) is 24.7 Å². The molecule has 0 fully saturated rings. The molecule has 132 valence electrons. The highest BCUT2D eigenvalue weighted by molar-refractivity contribution is 5.89. The van der Waals surface area contributed by atoms with Crippen LogP contribution < -0.4 is 10.5 Å². The van der Waals surface area contributed by atoms with Gasteiger partial charge in [0.15, 0.2) is 13.2 Å². The molecular weight excluding hydrogens is 340 g/mol. The van der Waals surface area contributed by atoms with Crippen LogP contribution in [0.4, 0.5) is 0 Å². The van der Waals surface area contributed by atoms with Crippen LogP contribution in [0.5, 0.6) is 5.75 Å². The van der Waals surface area contributed by atoms with Crippen LogP contribution in [0.1, 0.15) is 16.2 Å². The standard InChI is InChI=1S/C17H14N4O5/c18-14(22)9-24-13-5-1-3-11(7-13)17(23)25-10-15-20-16(21-26-15)12-4-2-6-19-8-12/h1-8H,9-10H2,(H2,18,22). The number of rotatable bonds is 7. The highest BCUT2D eigenvalue weighted by Gasteiger charge is 2.13. The molecule has 0 atom stereocenters. The average molecular weight is 354 g/mol. The number of benzene rings is 1. The Morgan fingerprint density at radius 2 is 2.08 bits per heavy atom. The number of esters is 1. The monoisotopic (exact) mass is 354 g/mol. The summed E-state index contributed by atoms with van der Waals surface area (Å²) in [6.45, 7) is -0.462. The zero-order valence-electron chi connectivity index (χ0n) is 13.5.